The number of carbonyl (C=O) groups is 1. The van der Waals surface area contributed by atoms with Crippen LogP contribution in [0.4, 0.5) is 0 Å². The zero-order valence-electron chi connectivity index (χ0n) is 14.7. The highest BCUT2D eigenvalue weighted by molar-refractivity contribution is 5.85. The molecule has 1 aliphatic rings. The third kappa shape index (κ3) is 3.36. The van der Waals surface area contributed by atoms with E-state index < -0.39 is 5.54 Å². The molecule has 0 saturated carbocycles. The van der Waals surface area contributed by atoms with Gasteiger partial charge in [0.05, 0.1) is 11.7 Å². The number of amides is 1. The monoisotopic (exact) mass is 326 g/mol. The van der Waals surface area contributed by atoms with E-state index in [4.69, 9.17) is 5.73 Å². The molecule has 1 aliphatic heterocycles. The van der Waals surface area contributed by atoms with Crippen molar-refractivity contribution in [1.29, 1.82) is 0 Å². The first-order chi connectivity index (χ1) is 11.4. The molecule has 1 aromatic carbocycles. The summed E-state index contributed by atoms with van der Waals surface area (Å²) in [5.74, 6) is 0.285. The van der Waals surface area contributed by atoms with E-state index in [0.29, 0.717) is 6.54 Å². The van der Waals surface area contributed by atoms with Gasteiger partial charge in [-0.2, -0.15) is 5.10 Å². The van der Waals surface area contributed by atoms with Gasteiger partial charge in [-0.3, -0.25) is 9.89 Å². The molecule has 0 bridgehead atoms. The Hall–Kier alpha value is -2.14. The van der Waals surface area contributed by atoms with Crippen molar-refractivity contribution in [1.82, 2.24) is 15.1 Å². The molecule has 24 heavy (non-hydrogen) atoms. The van der Waals surface area contributed by atoms with E-state index in [1.54, 1.807) is 13.8 Å². The molecule has 2 heterocycles. The van der Waals surface area contributed by atoms with Crippen molar-refractivity contribution in [2.24, 2.45) is 5.73 Å². The molecule has 2 aromatic rings. The summed E-state index contributed by atoms with van der Waals surface area (Å²) in [5, 5.41) is 7.43. The van der Waals surface area contributed by atoms with E-state index in [-0.39, 0.29) is 11.8 Å². The van der Waals surface area contributed by atoms with Crippen LogP contribution < -0.4 is 5.73 Å². The average Bonchev–Trinajstić information content (AvgIpc) is 3.04. The lowest BCUT2D eigenvalue weighted by atomic mass is 9.89. The van der Waals surface area contributed by atoms with Crippen LogP contribution in [0, 0.1) is 6.92 Å². The Labute approximate surface area is 143 Å². The third-order valence-electron chi connectivity index (χ3n) is 4.70. The molecule has 5 nitrogen and oxygen atoms in total. The maximum atomic E-state index is 12.5. The molecule has 0 aliphatic carbocycles. The highest BCUT2D eigenvalue weighted by Crippen LogP contribution is 2.33. The van der Waals surface area contributed by atoms with Crippen molar-refractivity contribution in [3.05, 3.63) is 41.7 Å². The Morgan fingerprint density at radius 2 is 2.04 bits per heavy atom. The number of nitrogens with two attached hydrogens (primary N) is 1. The maximum Gasteiger partial charge on any atom is 0.242 e. The molecule has 1 aromatic heterocycles. The van der Waals surface area contributed by atoms with E-state index in [2.05, 4.69) is 41.4 Å². The van der Waals surface area contributed by atoms with Crippen molar-refractivity contribution < 1.29 is 4.79 Å². The van der Waals surface area contributed by atoms with Gasteiger partial charge in [0.15, 0.2) is 0 Å². The van der Waals surface area contributed by atoms with E-state index in [0.717, 1.165) is 36.2 Å². The summed E-state index contributed by atoms with van der Waals surface area (Å²) in [6.07, 6.45) is 3.92. The van der Waals surface area contributed by atoms with Crippen molar-refractivity contribution >= 4 is 5.91 Å². The number of nitrogens with zero attached hydrogens (tertiary/aromatic N) is 2. The standard InChI is InChI=1S/C19H26N4O/c1-13-6-8-14(9-7-13)16-11-21-22-17(16)15-5-4-10-23(12-15)18(24)19(2,3)20/h6-9,11,15H,4-5,10,12,20H2,1-3H3,(H,21,22). The molecular formula is C19H26N4O. The van der Waals surface area contributed by atoms with Crippen LogP contribution in [0.2, 0.25) is 0 Å². The van der Waals surface area contributed by atoms with E-state index >= 15 is 0 Å². The summed E-state index contributed by atoms with van der Waals surface area (Å²) in [6.45, 7) is 7.10. The minimum absolute atomic E-state index is 0.0172. The van der Waals surface area contributed by atoms with Gasteiger partial charge in [0, 0.05) is 30.3 Å². The molecular weight excluding hydrogens is 300 g/mol. The number of rotatable bonds is 3. The summed E-state index contributed by atoms with van der Waals surface area (Å²) < 4.78 is 0. The number of aryl methyl sites for hydroxylation is 1. The van der Waals surface area contributed by atoms with Crippen LogP contribution in [-0.4, -0.2) is 39.6 Å². The zero-order valence-corrected chi connectivity index (χ0v) is 14.7. The number of aromatic nitrogens is 2. The largest absolute Gasteiger partial charge is 0.340 e. The number of nitrogens with one attached hydrogen (secondary N) is 1. The average molecular weight is 326 g/mol. The lowest BCUT2D eigenvalue weighted by Gasteiger charge is -2.36. The summed E-state index contributed by atoms with van der Waals surface area (Å²) >= 11 is 0. The molecule has 1 unspecified atom stereocenters. The van der Waals surface area contributed by atoms with Crippen molar-refractivity contribution in [2.75, 3.05) is 13.1 Å². The van der Waals surface area contributed by atoms with Gasteiger partial charge in [0.1, 0.15) is 0 Å². The van der Waals surface area contributed by atoms with Crippen molar-refractivity contribution in [3.63, 3.8) is 0 Å². The van der Waals surface area contributed by atoms with Crippen LogP contribution >= 0.6 is 0 Å². The minimum atomic E-state index is -0.824. The van der Waals surface area contributed by atoms with Gasteiger partial charge in [-0.05, 0) is 39.2 Å². The van der Waals surface area contributed by atoms with Gasteiger partial charge in [0.2, 0.25) is 5.91 Å². The number of piperidine rings is 1. The van der Waals surface area contributed by atoms with Gasteiger partial charge in [-0.1, -0.05) is 29.8 Å². The Kier molecular flexibility index (Phi) is 4.45. The molecule has 128 valence electrons. The zero-order chi connectivity index (χ0) is 17.3. The molecule has 1 amide bonds. The number of hydrogen-bond donors (Lipinski definition) is 2. The second-order valence-corrected chi connectivity index (χ2v) is 7.38. The Morgan fingerprint density at radius 1 is 1.33 bits per heavy atom. The maximum absolute atomic E-state index is 12.5. The predicted octanol–water partition coefficient (Wildman–Crippen LogP) is 2.83. The fourth-order valence-corrected chi connectivity index (χ4v) is 3.38. The summed E-state index contributed by atoms with van der Waals surface area (Å²) in [5.41, 5.74) is 9.82. The first kappa shape index (κ1) is 16.7. The lowest BCUT2D eigenvalue weighted by Crippen LogP contribution is -2.53. The van der Waals surface area contributed by atoms with E-state index in [1.165, 1.54) is 5.56 Å². The van der Waals surface area contributed by atoms with Crippen LogP contribution in [-0.2, 0) is 4.79 Å². The molecule has 0 spiro atoms. The molecule has 0 radical (unpaired) electrons. The van der Waals surface area contributed by atoms with Gasteiger partial charge < -0.3 is 10.6 Å². The topological polar surface area (TPSA) is 75.0 Å². The second kappa shape index (κ2) is 6.40. The molecule has 3 rings (SSSR count). The number of likely N-dealkylation sites (tertiary alicyclic amines) is 1. The van der Waals surface area contributed by atoms with E-state index in [9.17, 15) is 4.79 Å². The first-order valence-electron chi connectivity index (χ1n) is 8.55. The quantitative estimate of drug-likeness (QED) is 0.911. The number of H-pyrrole nitrogens is 1. The Bertz CT molecular complexity index is 712. The molecule has 3 N–H and O–H groups in total. The SMILES string of the molecule is Cc1ccc(-c2cn[nH]c2C2CCCN(C(=O)C(C)(C)N)C2)cc1. The Morgan fingerprint density at radius 3 is 2.71 bits per heavy atom. The van der Waals surface area contributed by atoms with Crippen LogP contribution in [0.3, 0.4) is 0 Å². The lowest BCUT2D eigenvalue weighted by molar-refractivity contribution is -0.137. The van der Waals surface area contributed by atoms with Crippen LogP contribution in [0.15, 0.2) is 30.5 Å². The predicted molar refractivity (Wildman–Crippen MR) is 95.6 cm³/mol. The normalized spacial score (nSPS) is 18.7. The number of benzene rings is 1. The van der Waals surface area contributed by atoms with Gasteiger partial charge >= 0.3 is 0 Å². The van der Waals surface area contributed by atoms with Crippen molar-refractivity contribution in [3.8, 4) is 11.1 Å². The molecule has 1 saturated heterocycles. The van der Waals surface area contributed by atoms with Crippen LogP contribution in [0.25, 0.3) is 11.1 Å². The van der Waals surface area contributed by atoms with Crippen LogP contribution in [0.1, 0.15) is 43.9 Å². The third-order valence-corrected chi connectivity index (χ3v) is 4.70. The summed E-state index contributed by atoms with van der Waals surface area (Å²) in [6, 6.07) is 8.47. The highest BCUT2D eigenvalue weighted by Gasteiger charge is 2.33. The van der Waals surface area contributed by atoms with Gasteiger partial charge in [-0.25, -0.2) is 0 Å². The first-order valence-corrected chi connectivity index (χ1v) is 8.55. The molecule has 1 fully saturated rings. The van der Waals surface area contributed by atoms with Gasteiger partial charge in [0.25, 0.3) is 0 Å². The van der Waals surface area contributed by atoms with E-state index in [1.807, 2.05) is 11.1 Å². The molecule has 5 heteroatoms. The fourth-order valence-electron chi connectivity index (χ4n) is 3.38. The summed E-state index contributed by atoms with van der Waals surface area (Å²) in [4.78, 5) is 14.4. The smallest absolute Gasteiger partial charge is 0.242 e. The fraction of sp³-hybridized carbons (Fsp3) is 0.474. The minimum Gasteiger partial charge on any atom is -0.340 e. The molecule has 1 atom stereocenters. The highest BCUT2D eigenvalue weighted by atomic mass is 16.2. The number of carbonyl (C=O) groups excluding carboxylic acids is 1. The van der Waals surface area contributed by atoms with Crippen LogP contribution in [0.5, 0.6) is 0 Å². The summed E-state index contributed by atoms with van der Waals surface area (Å²) in [7, 11) is 0. The second-order valence-electron chi connectivity index (χ2n) is 7.38. The number of aromatic amines is 1. The van der Waals surface area contributed by atoms with Crippen molar-refractivity contribution in [2.45, 2.75) is 45.1 Å². The number of hydrogen-bond acceptors (Lipinski definition) is 3. The Balaban J connectivity index is 1.84. The van der Waals surface area contributed by atoms with Gasteiger partial charge in [-0.15, -0.1) is 0 Å².